The molecule has 0 fully saturated rings. The Balaban J connectivity index is 2.30. The van der Waals surface area contributed by atoms with Crippen molar-refractivity contribution in [3.05, 3.63) is 23.8 Å². The van der Waals surface area contributed by atoms with E-state index < -0.39 is 0 Å². The number of nitrogens with one attached hydrogen (secondary N) is 1. The first-order valence-electron chi connectivity index (χ1n) is 6.87. The molecule has 0 radical (unpaired) electrons. The van der Waals surface area contributed by atoms with Crippen LogP contribution in [0.5, 0.6) is 11.5 Å². The Bertz CT molecular complexity index is 397. The maximum absolute atomic E-state index is 9.94. The molecule has 0 aliphatic rings. The minimum absolute atomic E-state index is 0.0679. The van der Waals surface area contributed by atoms with Crippen LogP contribution >= 0.6 is 0 Å². The SMILES string of the molecule is COc1ccc(C(C)NCCOCCN(C)C)c(O)c1. The van der Waals surface area contributed by atoms with E-state index in [0.29, 0.717) is 12.4 Å². The molecule has 0 heterocycles. The summed E-state index contributed by atoms with van der Waals surface area (Å²) >= 11 is 0. The van der Waals surface area contributed by atoms with Crippen molar-refractivity contribution in [1.29, 1.82) is 0 Å². The number of methoxy groups -OCH3 is 1. The van der Waals surface area contributed by atoms with Crippen LogP contribution in [0.4, 0.5) is 0 Å². The normalized spacial score (nSPS) is 12.7. The first-order valence-corrected chi connectivity index (χ1v) is 6.87. The van der Waals surface area contributed by atoms with Crippen molar-refractivity contribution in [3.8, 4) is 11.5 Å². The summed E-state index contributed by atoms with van der Waals surface area (Å²) in [5.74, 6) is 0.906. The molecule has 1 aromatic rings. The van der Waals surface area contributed by atoms with E-state index in [9.17, 15) is 5.11 Å². The number of rotatable bonds is 9. The van der Waals surface area contributed by atoms with Crippen molar-refractivity contribution in [2.75, 3.05) is 47.5 Å². The van der Waals surface area contributed by atoms with Gasteiger partial charge < -0.3 is 24.8 Å². The lowest BCUT2D eigenvalue weighted by Gasteiger charge is -2.16. The molecule has 1 unspecified atom stereocenters. The Morgan fingerprint density at radius 2 is 2.05 bits per heavy atom. The number of hydrogen-bond donors (Lipinski definition) is 2. The molecular weight excluding hydrogens is 256 g/mol. The van der Waals surface area contributed by atoms with E-state index in [1.165, 1.54) is 0 Å². The van der Waals surface area contributed by atoms with E-state index in [-0.39, 0.29) is 11.8 Å². The zero-order valence-corrected chi connectivity index (χ0v) is 12.8. The highest BCUT2D eigenvalue weighted by molar-refractivity contribution is 5.41. The highest BCUT2D eigenvalue weighted by Gasteiger charge is 2.10. The quantitative estimate of drug-likeness (QED) is 0.674. The molecule has 2 N–H and O–H groups in total. The average Bonchev–Trinajstić information content (AvgIpc) is 2.41. The number of ether oxygens (including phenoxy) is 2. The Labute approximate surface area is 121 Å². The van der Waals surface area contributed by atoms with Crippen molar-refractivity contribution >= 4 is 0 Å². The maximum atomic E-state index is 9.94. The molecular formula is C15H26N2O3. The van der Waals surface area contributed by atoms with Crippen molar-refractivity contribution in [2.24, 2.45) is 0 Å². The fraction of sp³-hybridized carbons (Fsp3) is 0.600. The van der Waals surface area contributed by atoms with Gasteiger partial charge in [-0.2, -0.15) is 0 Å². The number of hydrogen-bond acceptors (Lipinski definition) is 5. The lowest BCUT2D eigenvalue weighted by atomic mass is 10.1. The van der Waals surface area contributed by atoms with E-state index in [1.807, 2.05) is 33.2 Å². The molecule has 1 aromatic carbocycles. The Kier molecular flexibility index (Phi) is 7.36. The summed E-state index contributed by atoms with van der Waals surface area (Å²) in [6.07, 6.45) is 0. The van der Waals surface area contributed by atoms with Gasteiger partial charge in [0.25, 0.3) is 0 Å². The van der Waals surface area contributed by atoms with E-state index >= 15 is 0 Å². The third-order valence-electron chi connectivity index (χ3n) is 3.08. The molecule has 0 aliphatic carbocycles. The van der Waals surface area contributed by atoms with Crippen molar-refractivity contribution < 1.29 is 14.6 Å². The molecule has 114 valence electrons. The summed E-state index contributed by atoms with van der Waals surface area (Å²) in [5, 5.41) is 13.3. The Hall–Kier alpha value is -1.30. The van der Waals surface area contributed by atoms with Crippen LogP contribution < -0.4 is 10.1 Å². The predicted octanol–water partition coefficient (Wildman–Crippen LogP) is 1.63. The van der Waals surface area contributed by atoms with Crippen LogP contribution in [0.25, 0.3) is 0 Å². The van der Waals surface area contributed by atoms with Crippen LogP contribution in [0.1, 0.15) is 18.5 Å². The van der Waals surface area contributed by atoms with Crippen molar-refractivity contribution in [2.45, 2.75) is 13.0 Å². The van der Waals surface area contributed by atoms with Crippen LogP contribution in [0.3, 0.4) is 0 Å². The smallest absolute Gasteiger partial charge is 0.124 e. The van der Waals surface area contributed by atoms with Crippen LogP contribution in [-0.4, -0.2) is 57.5 Å². The highest BCUT2D eigenvalue weighted by atomic mass is 16.5. The molecule has 0 aliphatic heterocycles. The second-order valence-electron chi connectivity index (χ2n) is 5.02. The number of phenols is 1. The summed E-state index contributed by atoms with van der Waals surface area (Å²) in [4.78, 5) is 2.09. The van der Waals surface area contributed by atoms with Crippen molar-refractivity contribution in [3.63, 3.8) is 0 Å². The van der Waals surface area contributed by atoms with Crippen LogP contribution in [-0.2, 0) is 4.74 Å². The van der Waals surface area contributed by atoms with E-state index in [4.69, 9.17) is 9.47 Å². The minimum Gasteiger partial charge on any atom is -0.507 e. The van der Waals surface area contributed by atoms with Gasteiger partial charge in [0.05, 0.1) is 20.3 Å². The summed E-state index contributed by atoms with van der Waals surface area (Å²) in [7, 11) is 5.63. The largest absolute Gasteiger partial charge is 0.507 e. The lowest BCUT2D eigenvalue weighted by Crippen LogP contribution is -2.25. The highest BCUT2D eigenvalue weighted by Crippen LogP contribution is 2.27. The van der Waals surface area contributed by atoms with Gasteiger partial charge in [0, 0.05) is 30.8 Å². The predicted molar refractivity (Wildman–Crippen MR) is 80.4 cm³/mol. The van der Waals surface area contributed by atoms with Gasteiger partial charge in [-0.15, -0.1) is 0 Å². The van der Waals surface area contributed by atoms with Crippen molar-refractivity contribution in [1.82, 2.24) is 10.2 Å². The zero-order valence-electron chi connectivity index (χ0n) is 12.8. The molecule has 0 saturated carbocycles. The molecule has 0 aromatic heterocycles. The Morgan fingerprint density at radius 3 is 2.65 bits per heavy atom. The number of phenolic OH excluding ortho intramolecular Hbond substituents is 1. The molecule has 0 amide bonds. The summed E-state index contributed by atoms with van der Waals surface area (Å²) in [5.41, 5.74) is 0.860. The van der Waals surface area contributed by atoms with Gasteiger partial charge in [-0.25, -0.2) is 0 Å². The van der Waals surface area contributed by atoms with E-state index in [2.05, 4.69) is 10.2 Å². The first-order chi connectivity index (χ1) is 9.54. The number of benzene rings is 1. The molecule has 20 heavy (non-hydrogen) atoms. The van der Waals surface area contributed by atoms with Gasteiger partial charge >= 0.3 is 0 Å². The minimum atomic E-state index is 0.0679. The molecule has 0 bridgehead atoms. The first kappa shape index (κ1) is 16.8. The van der Waals surface area contributed by atoms with Crippen LogP contribution in [0.15, 0.2) is 18.2 Å². The standard InChI is InChI=1S/C15H26N2O3/c1-12(16-7-9-20-10-8-17(2)3)14-6-5-13(19-4)11-15(14)18/h5-6,11-12,16,18H,7-10H2,1-4H3. The van der Waals surface area contributed by atoms with Crippen LogP contribution in [0.2, 0.25) is 0 Å². The molecule has 0 spiro atoms. The summed E-state index contributed by atoms with van der Waals surface area (Å²) in [6, 6.07) is 5.42. The number of nitrogens with zero attached hydrogens (tertiary/aromatic N) is 1. The van der Waals surface area contributed by atoms with Gasteiger partial charge in [-0.05, 0) is 27.1 Å². The third kappa shape index (κ3) is 5.77. The summed E-state index contributed by atoms with van der Waals surface area (Å²) < 4.78 is 10.6. The third-order valence-corrected chi connectivity index (χ3v) is 3.08. The Morgan fingerprint density at radius 1 is 1.30 bits per heavy atom. The number of aromatic hydroxyl groups is 1. The topological polar surface area (TPSA) is 54.0 Å². The molecule has 1 atom stereocenters. The maximum Gasteiger partial charge on any atom is 0.124 e. The van der Waals surface area contributed by atoms with Gasteiger partial charge in [-0.1, -0.05) is 6.07 Å². The number of likely N-dealkylation sites (N-methyl/N-ethyl adjacent to an activating group) is 1. The zero-order chi connectivity index (χ0) is 15.0. The fourth-order valence-corrected chi connectivity index (χ4v) is 1.82. The molecule has 1 rings (SSSR count). The lowest BCUT2D eigenvalue weighted by molar-refractivity contribution is 0.118. The van der Waals surface area contributed by atoms with Gasteiger partial charge in [0.2, 0.25) is 0 Å². The molecule has 5 heteroatoms. The van der Waals surface area contributed by atoms with Gasteiger partial charge in [0.1, 0.15) is 11.5 Å². The molecule has 5 nitrogen and oxygen atoms in total. The van der Waals surface area contributed by atoms with Gasteiger partial charge in [0.15, 0.2) is 0 Å². The fourth-order valence-electron chi connectivity index (χ4n) is 1.82. The van der Waals surface area contributed by atoms with Crippen LogP contribution in [0, 0.1) is 0 Å². The van der Waals surface area contributed by atoms with E-state index in [0.717, 1.165) is 25.3 Å². The second kappa shape index (κ2) is 8.79. The van der Waals surface area contributed by atoms with Gasteiger partial charge in [-0.3, -0.25) is 0 Å². The van der Waals surface area contributed by atoms with E-state index in [1.54, 1.807) is 13.2 Å². The second-order valence-corrected chi connectivity index (χ2v) is 5.02. The average molecular weight is 282 g/mol. The monoisotopic (exact) mass is 282 g/mol. The molecule has 0 saturated heterocycles. The summed E-state index contributed by atoms with van der Waals surface area (Å²) in [6.45, 7) is 5.09.